The van der Waals surface area contributed by atoms with Gasteiger partial charge in [-0.1, -0.05) is 33.6 Å². The predicted molar refractivity (Wildman–Crippen MR) is 53.3 cm³/mol. The maximum atomic E-state index is 10.7. The Hall–Kier alpha value is -0.0400. The average Bonchev–Trinajstić information content (AvgIpc) is 2.00. The van der Waals surface area contributed by atoms with E-state index in [1.165, 1.54) is 12.8 Å². The molecule has 2 heteroatoms. The lowest BCUT2D eigenvalue weighted by Crippen LogP contribution is -2.06. The molecule has 0 saturated carbocycles. The molecular formula is C10H19ClO. The maximum Gasteiger partial charge on any atom is 0.224 e. The number of rotatable bonds is 6. The summed E-state index contributed by atoms with van der Waals surface area (Å²) in [5.41, 5.74) is 0. The Balaban J connectivity index is 3.46. The fourth-order valence-corrected chi connectivity index (χ4v) is 1.39. The van der Waals surface area contributed by atoms with E-state index in [9.17, 15) is 4.79 Å². The van der Waals surface area contributed by atoms with Gasteiger partial charge in [-0.3, -0.25) is 4.79 Å². The van der Waals surface area contributed by atoms with E-state index in [4.69, 9.17) is 11.6 Å². The van der Waals surface area contributed by atoms with Crippen molar-refractivity contribution < 1.29 is 4.79 Å². The van der Waals surface area contributed by atoms with Crippen LogP contribution in [-0.4, -0.2) is 5.24 Å². The molecule has 0 aliphatic heterocycles. The van der Waals surface area contributed by atoms with Crippen molar-refractivity contribution in [1.29, 1.82) is 0 Å². The molecule has 2 unspecified atom stereocenters. The highest BCUT2D eigenvalue weighted by Gasteiger charge is 2.11. The van der Waals surface area contributed by atoms with Crippen LogP contribution in [0.3, 0.4) is 0 Å². The summed E-state index contributed by atoms with van der Waals surface area (Å²) in [5.74, 6) is 0.763. The Morgan fingerprint density at radius 3 is 2.25 bits per heavy atom. The minimum atomic E-state index is -0.196. The second-order valence-electron chi connectivity index (χ2n) is 3.68. The topological polar surface area (TPSA) is 17.1 Å². The Bertz CT molecular complexity index is 134. The molecule has 0 amide bonds. The first-order valence-electron chi connectivity index (χ1n) is 4.77. The molecule has 0 radical (unpaired) electrons. The molecular weight excluding hydrogens is 172 g/mol. The van der Waals surface area contributed by atoms with Gasteiger partial charge in [0.25, 0.3) is 0 Å². The fourth-order valence-electron chi connectivity index (χ4n) is 1.29. The van der Waals surface area contributed by atoms with Crippen LogP contribution in [0.4, 0.5) is 0 Å². The van der Waals surface area contributed by atoms with E-state index in [1.54, 1.807) is 0 Å². The minimum absolute atomic E-state index is 0.0333. The average molecular weight is 191 g/mol. The highest BCUT2D eigenvalue weighted by Crippen LogP contribution is 2.17. The van der Waals surface area contributed by atoms with E-state index in [1.807, 2.05) is 6.92 Å². The van der Waals surface area contributed by atoms with Crippen molar-refractivity contribution in [3.05, 3.63) is 0 Å². The first-order chi connectivity index (χ1) is 5.57. The van der Waals surface area contributed by atoms with E-state index in [0.29, 0.717) is 0 Å². The van der Waals surface area contributed by atoms with Gasteiger partial charge >= 0.3 is 0 Å². The molecule has 0 N–H and O–H groups in total. The van der Waals surface area contributed by atoms with Gasteiger partial charge in [-0.25, -0.2) is 0 Å². The van der Waals surface area contributed by atoms with Crippen molar-refractivity contribution >= 4 is 16.8 Å². The molecule has 0 aromatic carbocycles. The van der Waals surface area contributed by atoms with E-state index in [-0.39, 0.29) is 11.2 Å². The monoisotopic (exact) mass is 190 g/mol. The summed E-state index contributed by atoms with van der Waals surface area (Å²) in [6.45, 7) is 6.32. The van der Waals surface area contributed by atoms with Gasteiger partial charge in [0, 0.05) is 5.92 Å². The molecule has 2 atom stereocenters. The summed E-state index contributed by atoms with van der Waals surface area (Å²) in [6, 6.07) is 0. The molecule has 0 bridgehead atoms. The van der Waals surface area contributed by atoms with Crippen LogP contribution in [0.25, 0.3) is 0 Å². The summed E-state index contributed by atoms with van der Waals surface area (Å²) in [4.78, 5) is 10.7. The lowest BCUT2D eigenvalue weighted by Gasteiger charge is -2.11. The maximum absolute atomic E-state index is 10.7. The Morgan fingerprint density at radius 1 is 1.25 bits per heavy atom. The van der Waals surface area contributed by atoms with Gasteiger partial charge < -0.3 is 0 Å². The van der Waals surface area contributed by atoms with Crippen molar-refractivity contribution in [1.82, 2.24) is 0 Å². The smallest absolute Gasteiger partial charge is 0.224 e. The van der Waals surface area contributed by atoms with Crippen molar-refractivity contribution in [3.8, 4) is 0 Å². The summed E-state index contributed by atoms with van der Waals surface area (Å²) in [6.07, 6.45) is 4.53. The predicted octanol–water partition coefficient (Wildman–Crippen LogP) is 3.60. The molecule has 0 heterocycles. The molecule has 0 aromatic rings. The molecule has 0 aliphatic carbocycles. The molecule has 72 valence electrons. The summed E-state index contributed by atoms with van der Waals surface area (Å²) in [7, 11) is 0. The standard InChI is InChI=1S/C10H19ClO/c1-4-5-8(2)6-7-9(3)10(11)12/h8-9H,4-7H2,1-3H3. The highest BCUT2D eigenvalue weighted by atomic mass is 35.5. The van der Waals surface area contributed by atoms with Gasteiger partial charge in [-0.15, -0.1) is 0 Å². The van der Waals surface area contributed by atoms with E-state index >= 15 is 0 Å². The van der Waals surface area contributed by atoms with Gasteiger partial charge in [0.1, 0.15) is 0 Å². The third-order valence-corrected chi connectivity index (χ3v) is 2.63. The zero-order chi connectivity index (χ0) is 9.56. The van der Waals surface area contributed by atoms with Gasteiger partial charge in [-0.2, -0.15) is 0 Å². The first kappa shape index (κ1) is 12.0. The fraction of sp³-hybridized carbons (Fsp3) is 0.900. The second kappa shape index (κ2) is 6.47. The lowest BCUT2D eigenvalue weighted by atomic mass is 9.96. The lowest BCUT2D eigenvalue weighted by molar-refractivity contribution is -0.114. The van der Waals surface area contributed by atoms with Gasteiger partial charge in [0.05, 0.1) is 0 Å². The van der Waals surface area contributed by atoms with Crippen LogP contribution in [0.2, 0.25) is 0 Å². The van der Waals surface area contributed by atoms with Crippen LogP contribution in [-0.2, 0) is 4.79 Å². The molecule has 0 fully saturated rings. The summed E-state index contributed by atoms with van der Waals surface area (Å²) in [5, 5.41) is -0.196. The van der Waals surface area contributed by atoms with Gasteiger partial charge in [-0.05, 0) is 30.4 Å². The summed E-state index contributed by atoms with van der Waals surface area (Å²) >= 11 is 5.35. The normalized spacial score (nSPS) is 15.7. The van der Waals surface area contributed by atoms with Crippen LogP contribution in [0, 0.1) is 11.8 Å². The molecule has 0 aliphatic rings. The molecule has 0 saturated heterocycles. The number of hydrogen-bond acceptors (Lipinski definition) is 1. The quantitative estimate of drug-likeness (QED) is 0.585. The van der Waals surface area contributed by atoms with Crippen molar-refractivity contribution in [2.45, 2.75) is 46.5 Å². The van der Waals surface area contributed by atoms with Gasteiger partial charge in [0.15, 0.2) is 0 Å². The number of hydrogen-bond donors (Lipinski definition) is 0. The van der Waals surface area contributed by atoms with Crippen LogP contribution in [0.5, 0.6) is 0 Å². The number of halogens is 1. The van der Waals surface area contributed by atoms with Crippen molar-refractivity contribution in [3.63, 3.8) is 0 Å². The molecule has 0 spiro atoms. The van der Waals surface area contributed by atoms with Crippen LogP contribution < -0.4 is 0 Å². The van der Waals surface area contributed by atoms with E-state index in [0.717, 1.165) is 18.8 Å². The Morgan fingerprint density at radius 2 is 1.83 bits per heavy atom. The Kier molecular flexibility index (Phi) is 6.45. The molecule has 0 aromatic heterocycles. The third kappa shape index (κ3) is 5.59. The first-order valence-corrected chi connectivity index (χ1v) is 5.15. The summed E-state index contributed by atoms with van der Waals surface area (Å²) < 4.78 is 0. The second-order valence-corrected chi connectivity index (χ2v) is 4.05. The van der Waals surface area contributed by atoms with E-state index in [2.05, 4.69) is 13.8 Å². The van der Waals surface area contributed by atoms with Crippen molar-refractivity contribution in [2.75, 3.05) is 0 Å². The van der Waals surface area contributed by atoms with Crippen LogP contribution in [0.15, 0.2) is 0 Å². The van der Waals surface area contributed by atoms with Crippen LogP contribution >= 0.6 is 11.6 Å². The molecule has 12 heavy (non-hydrogen) atoms. The van der Waals surface area contributed by atoms with E-state index < -0.39 is 0 Å². The molecule has 0 rings (SSSR count). The highest BCUT2D eigenvalue weighted by molar-refractivity contribution is 6.63. The van der Waals surface area contributed by atoms with Crippen LogP contribution in [0.1, 0.15) is 46.5 Å². The number of carbonyl (C=O) groups is 1. The number of carbonyl (C=O) groups excluding carboxylic acids is 1. The zero-order valence-corrected chi connectivity index (χ0v) is 9.03. The third-order valence-electron chi connectivity index (χ3n) is 2.26. The van der Waals surface area contributed by atoms with Crippen molar-refractivity contribution in [2.24, 2.45) is 11.8 Å². The largest absolute Gasteiger partial charge is 0.281 e. The Labute approximate surface area is 80.5 Å². The zero-order valence-electron chi connectivity index (χ0n) is 8.27. The SMILES string of the molecule is CCCC(C)CCC(C)C(=O)Cl. The molecule has 1 nitrogen and oxygen atoms in total. The minimum Gasteiger partial charge on any atom is -0.281 e. The van der Waals surface area contributed by atoms with Gasteiger partial charge in [0.2, 0.25) is 5.24 Å².